The van der Waals surface area contributed by atoms with Crippen LogP contribution in [0.25, 0.3) is 0 Å². The second-order valence-corrected chi connectivity index (χ2v) is 4.80. The summed E-state index contributed by atoms with van der Waals surface area (Å²) in [4.78, 5) is 24.8. The Bertz CT molecular complexity index is 475. The minimum Gasteiger partial charge on any atom is -0.480 e. The molecule has 96 valence electrons. The predicted molar refractivity (Wildman–Crippen MR) is 67.8 cm³/mol. The topological polar surface area (TPSA) is 57.6 Å². The molecule has 1 fully saturated rings. The van der Waals surface area contributed by atoms with Crippen molar-refractivity contribution in [3.8, 4) is 0 Å². The number of amides is 1. The van der Waals surface area contributed by atoms with E-state index < -0.39 is 12.0 Å². The summed E-state index contributed by atoms with van der Waals surface area (Å²) in [5.74, 6) is -1.20. The van der Waals surface area contributed by atoms with Gasteiger partial charge in [0.25, 0.3) is 5.91 Å². The molecule has 2 rings (SSSR count). The molecule has 0 aliphatic carbocycles. The van der Waals surface area contributed by atoms with Crippen LogP contribution >= 0.6 is 11.6 Å². The van der Waals surface area contributed by atoms with Gasteiger partial charge in [-0.05, 0) is 37.5 Å². The van der Waals surface area contributed by atoms with Crippen LogP contribution in [0.1, 0.15) is 29.6 Å². The Kier molecular flexibility index (Phi) is 3.87. The molecule has 1 heterocycles. The average Bonchev–Trinajstić information content (AvgIpc) is 2.38. The lowest BCUT2D eigenvalue weighted by Gasteiger charge is -2.33. The van der Waals surface area contributed by atoms with Crippen LogP contribution in [0.3, 0.4) is 0 Å². The summed E-state index contributed by atoms with van der Waals surface area (Å²) in [7, 11) is 0. The molecule has 1 aromatic carbocycles. The van der Waals surface area contributed by atoms with E-state index in [1.54, 1.807) is 24.3 Å². The molecule has 5 heteroatoms. The zero-order valence-corrected chi connectivity index (χ0v) is 10.6. The summed E-state index contributed by atoms with van der Waals surface area (Å²) < 4.78 is 0. The highest BCUT2D eigenvalue weighted by Crippen LogP contribution is 2.21. The van der Waals surface area contributed by atoms with Crippen LogP contribution in [-0.4, -0.2) is 34.5 Å². The van der Waals surface area contributed by atoms with Gasteiger partial charge in [0.15, 0.2) is 0 Å². The maximum atomic E-state index is 12.3. The highest BCUT2D eigenvalue weighted by Gasteiger charge is 2.32. The van der Waals surface area contributed by atoms with Gasteiger partial charge in [-0.2, -0.15) is 0 Å². The van der Waals surface area contributed by atoms with E-state index in [-0.39, 0.29) is 5.91 Å². The van der Waals surface area contributed by atoms with Gasteiger partial charge >= 0.3 is 5.97 Å². The third-order valence-electron chi connectivity index (χ3n) is 3.12. The van der Waals surface area contributed by atoms with Crippen LogP contribution in [0.2, 0.25) is 5.02 Å². The van der Waals surface area contributed by atoms with Gasteiger partial charge in [0.1, 0.15) is 6.04 Å². The Hall–Kier alpha value is -1.55. The number of halogens is 1. The maximum absolute atomic E-state index is 12.3. The molecule has 18 heavy (non-hydrogen) atoms. The van der Waals surface area contributed by atoms with Gasteiger partial charge in [-0.25, -0.2) is 4.79 Å². The van der Waals surface area contributed by atoms with Gasteiger partial charge in [0, 0.05) is 17.1 Å². The summed E-state index contributed by atoms with van der Waals surface area (Å²) in [6.45, 7) is 0.488. The fraction of sp³-hybridized carbons (Fsp3) is 0.385. The summed E-state index contributed by atoms with van der Waals surface area (Å²) in [6.07, 6.45) is 2.20. The molecule has 1 N–H and O–H groups in total. The van der Waals surface area contributed by atoms with Crippen molar-refractivity contribution < 1.29 is 14.7 Å². The van der Waals surface area contributed by atoms with E-state index in [2.05, 4.69) is 0 Å². The summed E-state index contributed by atoms with van der Waals surface area (Å²) >= 11 is 5.84. The molecule has 0 saturated carbocycles. The van der Waals surface area contributed by atoms with Crippen LogP contribution in [0.5, 0.6) is 0 Å². The summed E-state index contributed by atoms with van der Waals surface area (Å²) in [5, 5.41) is 9.62. The lowest BCUT2D eigenvalue weighted by molar-refractivity contribution is -0.143. The lowest BCUT2D eigenvalue weighted by atomic mass is 10.0. The molecule has 1 aliphatic rings. The van der Waals surface area contributed by atoms with Crippen molar-refractivity contribution in [2.45, 2.75) is 25.3 Å². The molecule has 1 aliphatic heterocycles. The molecule has 0 bridgehead atoms. The second-order valence-electron chi connectivity index (χ2n) is 4.36. The zero-order valence-electron chi connectivity index (χ0n) is 9.80. The van der Waals surface area contributed by atoms with Gasteiger partial charge < -0.3 is 10.0 Å². The van der Waals surface area contributed by atoms with Gasteiger partial charge in [-0.3, -0.25) is 4.79 Å². The number of benzene rings is 1. The number of carbonyl (C=O) groups is 2. The fourth-order valence-corrected chi connectivity index (χ4v) is 2.41. The number of aliphatic carboxylic acids is 1. The number of hydrogen-bond acceptors (Lipinski definition) is 2. The van der Waals surface area contributed by atoms with Crippen molar-refractivity contribution in [3.63, 3.8) is 0 Å². The first-order valence-electron chi connectivity index (χ1n) is 5.89. The Morgan fingerprint density at radius 1 is 1.33 bits per heavy atom. The van der Waals surface area contributed by atoms with Crippen LogP contribution in [0.4, 0.5) is 0 Å². The van der Waals surface area contributed by atoms with Gasteiger partial charge in [-0.1, -0.05) is 17.7 Å². The number of likely N-dealkylation sites (tertiary alicyclic amines) is 1. The number of carbonyl (C=O) groups excluding carboxylic acids is 1. The quantitative estimate of drug-likeness (QED) is 0.895. The first-order valence-corrected chi connectivity index (χ1v) is 6.27. The van der Waals surface area contributed by atoms with E-state index in [0.717, 1.165) is 12.8 Å². The first-order chi connectivity index (χ1) is 8.59. The van der Waals surface area contributed by atoms with E-state index in [1.165, 1.54) is 4.90 Å². The Balaban J connectivity index is 2.23. The molecule has 1 saturated heterocycles. The van der Waals surface area contributed by atoms with E-state index >= 15 is 0 Å². The molecule has 0 unspecified atom stereocenters. The molecular formula is C13H14ClNO3. The van der Waals surface area contributed by atoms with Gasteiger partial charge in [0.05, 0.1) is 0 Å². The number of nitrogens with zero attached hydrogens (tertiary/aromatic N) is 1. The van der Waals surface area contributed by atoms with Crippen molar-refractivity contribution in [3.05, 3.63) is 34.9 Å². The monoisotopic (exact) mass is 267 g/mol. The Morgan fingerprint density at radius 2 is 2.11 bits per heavy atom. The maximum Gasteiger partial charge on any atom is 0.326 e. The molecule has 0 spiro atoms. The molecule has 0 radical (unpaired) electrons. The predicted octanol–water partition coefficient (Wildman–Crippen LogP) is 2.42. The number of hydrogen-bond donors (Lipinski definition) is 1. The van der Waals surface area contributed by atoms with E-state index in [0.29, 0.717) is 23.6 Å². The van der Waals surface area contributed by atoms with Gasteiger partial charge in [-0.15, -0.1) is 0 Å². The van der Waals surface area contributed by atoms with Crippen molar-refractivity contribution in [2.75, 3.05) is 6.54 Å². The van der Waals surface area contributed by atoms with E-state index in [1.807, 2.05) is 0 Å². The lowest BCUT2D eigenvalue weighted by Crippen LogP contribution is -2.47. The second kappa shape index (κ2) is 5.40. The van der Waals surface area contributed by atoms with Gasteiger partial charge in [0.2, 0.25) is 0 Å². The normalized spacial score (nSPS) is 19.6. The molecule has 1 amide bonds. The summed E-state index contributed by atoms with van der Waals surface area (Å²) in [6, 6.07) is 5.88. The minimum absolute atomic E-state index is 0.260. The highest BCUT2D eigenvalue weighted by atomic mass is 35.5. The molecule has 1 atom stereocenters. The van der Waals surface area contributed by atoms with Crippen molar-refractivity contribution in [1.82, 2.24) is 4.90 Å². The third kappa shape index (κ3) is 2.64. The standard InChI is InChI=1S/C13H14ClNO3/c14-10-5-3-4-9(8-10)12(16)15-7-2-1-6-11(15)13(17)18/h3-5,8,11H,1-2,6-7H2,(H,17,18)/t11-/m0/s1. The van der Waals surface area contributed by atoms with Crippen LogP contribution in [0, 0.1) is 0 Å². The highest BCUT2D eigenvalue weighted by molar-refractivity contribution is 6.30. The zero-order chi connectivity index (χ0) is 13.1. The van der Waals surface area contributed by atoms with E-state index in [4.69, 9.17) is 16.7 Å². The average molecular weight is 268 g/mol. The van der Waals surface area contributed by atoms with Crippen molar-refractivity contribution >= 4 is 23.5 Å². The summed E-state index contributed by atoms with van der Waals surface area (Å²) in [5.41, 5.74) is 0.440. The third-order valence-corrected chi connectivity index (χ3v) is 3.36. The smallest absolute Gasteiger partial charge is 0.326 e. The Labute approximate surface area is 110 Å². The molecular weight excluding hydrogens is 254 g/mol. The van der Waals surface area contributed by atoms with Crippen LogP contribution < -0.4 is 0 Å². The molecule has 4 nitrogen and oxygen atoms in total. The SMILES string of the molecule is O=C(O)[C@@H]1CCCCN1C(=O)c1cccc(Cl)c1. The van der Waals surface area contributed by atoms with E-state index in [9.17, 15) is 9.59 Å². The Morgan fingerprint density at radius 3 is 2.78 bits per heavy atom. The van der Waals surface area contributed by atoms with Crippen molar-refractivity contribution in [1.29, 1.82) is 0 Å². The molecule has 0 aromatic heterocycles. The largest absolute Gasteiger partial charge is 0.480 e. The number of piperidine rings is 1. The van der Waals surface area contributed by atoms with Crippen LogP contribution in [0.15, 0.2) is 24.3 Å². The number of carboxylic acid groups (broad SMARTS) is 1. The molecule has 1 aromatic rings. The minimum atomic E-state index is -0.940. The number of rotatable bonds is 2. The first kappa shape index (κ1) is 12.9. The fourth-order valence-electron chi connectivity index (χ4n) is 2.22. The van der Waals surface area contributed by atoms with Crippen molar-refractivity contribution in [2.24, 2.45) is 0 Å². The van der Waals surface area contributed by atoms with Crippen LogP contribution in [-0.2, 0) is 4.79 Å². The number of carboxylic acids is 1.